The zero-order chi connectivity index (χ0) is 12.3. The van der Waals surface area contributed by atoms with E-state index in [1.165, 1.54) is 0 Å². The molecule has 1 aromatic rings. The van der Waals surface area contributed by atoms with Gasteiger partial charge in [-0.1, -0.05) is 18.3 Å². The van der Waals surface area contributed by atoms with Crippen LogP contribution in [0.4, 0.5) is 0 Å². The Morgan fingerprint density at radius 1 is 1.44 bits per heavy atom. The molecule has 1 atom stereocenters. The third-order valence-corrected chi connectivity index (χ3v) is 2.90. The van der Waals surface area contributed by atoms with E-state index in [1.807, 2.05) is 0 Å². The van der Waals surface area contributed by atoms with E-state index >= 15 is 0 Å². The molecule has 0 saturated carbocycles. The highest BCUT2D eigenvalue weighted by Gasteiger charge is 2.25. The predicted molar refractivity (Wildman–Crippen MR) is 58.4 cm³/mol. The lowest BCUT2D eigenvalue weighted by Gasteiger charge is -2.17. The topological polar surface area (TPSA) is 92.2 Å². The van der Waals surface area contributed by atoms with Crippen LogP contribution >= 0.6 is 11.5 Å². The molecule has 1 amide bonds. The van der Waals surface area contributed by atoms with E-state index in [2.05, 4.69) is 14.9 Å². The highest BCUT2D eigenvalue weighted by molar-refractivity contribution is 7.08. The first kappa shape index (κ1) is 12.6. The third kappa shape index (κ3) is 2.75. The van der Waals surface area contributed by atoms with E-state index in [1.54, 1.807) is 20.8 Å². The number of hydrogen-bond acceptors (Lipinski definition) is 5. The molecule has 6 nitrogen and oxygen atoms in total. The number of rotatable bonds is 4. The maximum atomic E-state index is 11.7. The van der Waals surface area contributed by atoms with Gasteiger partial charge in [-0.15, -0.1) is 5.10 Å². The molecule has 0 radical (unpaired) electrons. The summed E-state index contributed by atoms with van der Waals surface area (Å²) < 4.78 is 3.62. The van der Waals surface area contributed by atoms with E-state index in [-0.39, 0.29) is 5.92 Å². The highest BCUT2D eigenvalue weighted by Crippen LogP contribution is 2.10. The summed E-state index contributed by atoms with van der Waals surface area (Å²) in [6.07, 6.45) is 0. The van der Waals surface area contributed by atoms with Crippen LogP contribution in [-0.2, 0) is 4.79 Å². The lowest BCUT2D eigenvalue weighted by atomic mass is 10.0. The second kappa shape index (κ2) is 5.02. The number of nitrogens with zero attached hydrogens (tertiary/aromatic N) is 2. The summed E-state index contributed by atoms with van der Waals surface area (Å²) in [5.74, 6) is -1.66. The van der Waals surface area contributed by atoms with Crippen LogP contribution in [0.15, 0.2) is 0 Å². The fourth-order valence-corrected chi connectivity index (χ4v) is 1.72. The smallest absolute Gasteiger partial charge is 0.326 e. The third-order valence-electron chi connectivity index (χ3n) is 2.08. The van der Waals surface area contributed by atoms with Crippen molar-refractivity contribution in [3.05, 3.63) is 10.6 Å². The lowest BCUT2D eigenvalue weighted by molar-refractivity contribution is -0.140. The van der Waals surface area contributed by atoms with Crippen molar-refractivity contribution in [3.63, 3.8) is 0 Å². The number of aryl methyl sites for hydroxylation is 1. The Labute approximate surface area is 96.8 Å². The standard InChI is InChI=1S/C9H13N3O3S/c1-4(2)6(9(14)15)10-8(13)7-5(3)11-12-16-7/h4,6H,1-3H3,(H,10,13)(H,14,15)/t6-/m1/s1. The summed E-state index contributed by atoms with van der Waals surface area (Å²) in [5, 5.41) is 15.1. The minimum absolute atomic E-state index is 0.178. The normalized spacial score (nSPS) is 12.5. The van der Waals surface area contributed by atoms with E-state index in [4.69, 9.17) is 5.11 Å². The highest BCUT2D eigenvalue weighted by atomic mass is 32.1. The summed E-state index contributed by atoms with van der Waals surface area (Å²) in [6, 6.07) is -0.894. The van der Waals surface area contributed by atoms with Gasteiger partial charge in [0, 0.05) is 0 Å². The van der Waals surface area contributed by atoms with Crippen LogP contribution in [0.3, 0.4) is 0 Å². The van der Waals surface area contributed by atoms with Gasteiger partial charge >= 0.3 is 5.97 Å². The van der Waals surface area contributed by atoms with Gasteiger partial charge in [0.25, 0.3) is 5.91 Å². The van der Waals surface area contributed by atoms with Gasteiger partial charge in [-0.05, 0) is 24.4 Å². The summed E-state index contributed by atoms with van der Waals surface area (Å²) in [7, 11) is 0. The summed E-state index contributed by atoms with van der Waals surface area (Å²) >= 11 is 0.957. The molecule has 1 aromatic heterocycles. The Balaban J connectivity index is 2.77. The van der Waals surface area contributed by atoms with Crippen LogP contribution in [0.5, 0.6) is 0 Å². The molecule has 1 heterocycles. The fraction of sp³-hybridized carbons (Fsp3) is 0.556. The number of aliphatic carboxylic acids is 1. The first-order valence-corrected chi connectivity index (χ1v) is 5.53. The first-order valence-electron chi connectivity index (χ1n) is 4.76. The molecule has 2 N–H and O–H groups in total. The molecule has 16 heavy (non-hydrogen) atoms. The van der Waals surface area contributed by atoms with Gasteiger partial charge < -0.3 is 10.4 Å². The molecule has 0 bridgehead atoms. The van der Waals surface area contributed by atoms with Gasteiger partial charge in [-0.25, -0.2) is 4.79 Å². The average Bonchev–Trinajstić information content (AvgIpc) is 2.59. The molecule has 1 rings (SSSR count). The second-order valence-electron chi connectivity index (χ2n) is 3.72. The van der Waals surface area contributed by atoms with Gasteiger partial charge in [0.05, 0.1) is 5.69 Å². The number of carbonyl (C=O) groups is 2. The molecule has 0 aliphatic carbocycles. The molecule has 0 aromatic carbocycles. The average molecular weight is 243 g/mol. The van der Waals surface area contributed by atoms with Crippen LogP contribution in [0, 0.1) is 12.8 Å². The van der Waals surface area contributed by atoms with Crippen molar-refractivity contribution < 1.29 is 14.7 Å². The van der Waals surface area contributed by atoms with Crippen LogP contribution < -0.4 is 5.32 Å². The van der Waals surface area contributed by atoms with Gasteiger partial charge in [-0.3, -0.25) is 4.79 Å². The summed E-state index contributed by atoms with van der Waals surface area (Å²) in [6.45, 7) is 5.12. The molecule has 88 valence electrons. The molecular weight excluding hydrogens is 230 g/mol. The van der Waals surface area contributed by atoms with Crippen molar-refractivity contribution in [2.75, 3.05) is 0 Å². The number of aromatic nitrogens is 2. The number of carboxylic acids is 1. The van der Waals surface area contributed by atoms with E-state index in [9.17, 15) is 9.59 Å². The van der Waals surface area contributed by atoms with Crippen LogP contribution in [0.1, 0.15) is 29.2 Å². The Morgan fingerprint density at radius 2 is 2.06 bits per heavy atom. The monoisotopic (exact) mass is 243 g/mol. The minimum Gasteiger partial charge on any atom is -0.480 e. The zero-order valence-corrected chi connectivity index (χ0v) is 10.0. The summed E-state index contributed by atoms with van der Waals surface area (Å²) in [5.41, 5.74) is 0.510. The minimum atomic E-state index is -1.04. The number of nitrogens with one attached hydrogen (secondary N) is 1. The maximum absolute atomic E-state index is 11.7. The molecule has 0 saturated heterocycles. The summed E-state index contributed by atoms with van der Waals surface area (Å²) in [4.78, 5) is 22.9. The SMILES string of the molecule is Cc1nnsc1C(=O)N[C@@H](C(=O)O)C(C)C. The Kier molecular flexibility index (Phi) is 3.94. The number of carboxylic acid groups (broad SMARTS) is 1. The maximum Gasteiger partial charge on any atom is 0.326 e. The molecule has 7 heteroatoms. The molecule has 0 aliphatic heterocycles. The van der Waals surface area contributed by atoms with Crippen LogP contribution in [0.25, 0.3) is 0 Å². The predicted octanol–water partition coefficient (Wildman–Crippen LogP) is 0.686. The molecule has 0 unspecified atom stereocenters. The van der Waals surface area contributed by atoms with Crippen molar-refractivity contribution in [3.8, 4) is 0 Å². The molecular formula is C9H13N3O3S. The Bertz CT molecular complexity index is 402. The van der Waals surface area contributed by atoms with E-state index in [0.717, 1.165) is 11.5 Å². The van der Waals surface area contributed by atoms with Crippen molar-refractivity contribution >= 4 is 23.4 Å². The second-order valence-corrected chi connectivity index (χ2v) is 4.47. The largest absolute Gasteiger partial charge is 0.480 e. The van der Waals surface area contributed by atoms with Crippen molar-refractivity contribution in [1.82, 2.24) is 14.9 Å². The lowest BCUT2D eigenvalue weighted by Crippen LogP contribution is -2.44. The first-order chi connectivity index (χ1) is 7.43. The molecule has 0 aliphatic rings. The number of carbonyl (C=O) groups excluding carboxylic acids is 1. The van der Waals surface area contributed by atoms with E-state index in [0.29, 0.717) is 10.6 Å². The van der Waals surface area contributed by atoms with Crippen molar-refractivity contribution in [2.24, 2.45) is 5.92 Å². The number of hydrogen-bond donors (Lipinski definition) is 2. The fourth-order valence-electron chi connectivity index (χ4n) is 1.16. The Hall–Kier alpha value is -1.50. The zero-order valence-electron chi connectivity index (χ0n) is 9.22. The molecule has 0 spiro atoms. The number of amides is 1. The van der Waals surface area contributed by atoms with Gasteiger partial charge in [0.15, 0.2) is 0 Å². The van der Waals surface area contributed by atoms with Crippen molar-refractivity contribution in [2.45, 2.75) is 26.8 Å². The quantitative estimate of drug-likeness (QED) is 0.811. The van der Waals surface area contributed by atoms with Gasteiger partial charge in [0.2, 0.25) is 0 Å². The van der Waals surface area contributed by atoms with Gasteiger partial charge in [0.1, 0.15) is 10.9 Å². The Morgan fingerprint density at radius 3 is 2.44 bits per heavy atom. The van der Waals surface area contributed by atoms with Crippen molar-refractivity contribution in [1.29, 1.82) is 0 Å². The van der Waals surface area contributed by atoms with Crippen LogP contribution in [-0.4, -0.2) is 32.6 Å². The van der Waals surface area contributed by atoms with E-state index < -0.39 is 17.9 Å². The van der Waals surface area contributed by atoms with Crippen LogP contribution in [0.2, 0.25) is 0 Å². The van der Waals surface area contributed by atoms with Gasteiger partial charge in [-0.2, -0.15) is 0 Å². The molecule has 0 fully saturated rings.